The van der Waals surface area contributed by atoms with E-state index >= 15 is 0 Å². The van der Waals surface area contributed by atoms with E-state index in [0.717, 1.165) is 5.56 Å². The van der Waals surface area contributed by atoms with Crippen molar-refractivity contribution in [3.63, 3.8) is 0 Å². The molecular formula is C17H20FN7O. The average Bonchev–Trinajstić information content (AvgIpc) is 3.01. The summed E-state index contributed by atoms with van der Waals surface area (Å²) in [5.41, 5.74) is 7.18. The number of H-pyrrole nitrogens is 1. The molecular weight excluding hydrogens is 337 g/mol. The second-order valence-corrected chi connectivity index (χ2v) is 6.06. The first-order valence-corrected chi connectivity index (χ1v) is 8.15. The van der Waals surface area contributed by atoms with Crippen LogP contribution in [0.3, 0.4) is 0 Å². The molecule has 0 aromatic carbocycles. The fourth-order valence-corrected chi connectivity index (χ4v) is 2.43. The maximum atomic E-state index is 13.1. The van der Waals surface area contributed by atoms with Crippen LogP contribution in [0.2, 0.25) is 0 Å². The van der Waals surface area contributed by atoms with Crippen molar-refractivity contribution in [3.8, 4) is 5.88 Å². The molecule has 3 heterocycles. The Balaban J connectivity index is 1.88. The first-order chi connectivity index (χ1) is 12.4. The van der Waals surface area contributed by atoms with Crippen LogP contribution in [0.1, 0.15) is 37.9 Å². The number of aromatic amines is 1. The van der Waals surface area contributed by atoms with E-state index in [1.54, 1.807) is 18.3 Å². The Morgan fingerprint density at radius 2 is 2.00 bits per heavy atom. The highest BCUT2D eigenvalue weighted by Gasteiger charge is 2.18. The van der Waals surface area contributed by atoms with Crippen molar-refractivity contribution < 1.29 is 9.13 Å². The van der Waals surface area contributed by atoms with Crippen LogP contribution in [0.5, 0.6) is 5.88 Å². The Morgan fingerprint density at radius 3 is 2.69 bits per heavy atom. The smallest absolute Gasteiger partial charge is 0.221 e. The van der Waals surface area contributed by atoms with E-state index < -0.39 is 0 Å². The topological polar surface area (TPSA) is 115 Å². The Morgan fingerprint density at radius 1 is 1.19 bits per heavy atom. The van der Waals surface area contributed by atoms with Gasteiger partial charge in [-0.05, 0) is 26.0 Å². The Labute approximate surface area is 150 Å². The summed E-state index contributed by atoms with van der Waals surface area (Å²) < 4.78 is 18.7. The molecule has 0 spiro atoms. The van der Waals surface area contributed by atoms with E-state index in [1.165, 1.54) is 12.3 Å². The van der Waals surface area contributed by atoms with Crippen LogP contribution in [0.25, 0.3) is 0 Å². The molecule has 0 radical (unpaired) electrons. The number of hydrogen-bond donors (Lipinski definition) is 3. The molecule has 3 rings (SSSR count). The molecule has 3 aromatic heterocycles. The SMILES string of the molecule is CC(C)Oc1cc(Nc2nc(N)ncc2[C@H](C)c2ccc(F)cn2)n[nH]1. The summed E-state index contributed by atoms with van der Waals surface area (Å²) in [5.74, 6) is 1.13. The van der Waals surface area contributed by atoms with Gasteiger partial charge in [0.25, 0.3) is 0 Å². The molecule has 0 aliphatic heterocycles. The molecule has 0 amide bonds. The lowest BCUT2D eigenvalue weighted by atomic mass is 9.99. The van der Waals surface area contributed by atoms with Crippen molar-refractivity contribution in [2.45, 2.75) is 32.8 Å². The zero-order chi connectivity index (χ0) is 18.7. The summed E-state index contributed by atoms with van der Waals surface area (Å²) in [6.45, 7) is 5.78. The molecule has 9 heteroatoms. The fourth-order valence-electron chi connectivity index (χ4n) is 2.43. The number of pyridine rings is 1. The van der Waals surface area contributed by atoms with Crippen LogP contribution < -0.4 is 15.8 Å². The zero-order valence-electron chi connectivity index (χ0n) is 14.7. The average molecular weight is 357 g/mol. The van der Waals surface area contributed by atoms with Crippen molar-refractivity contribution in [1.29, 1.82) is 0 Å². The third kappa shape index (κ3) is 4.05. The summed E-state index contributed by atoms with van der Waals surface area (Å²) in [6, 6.07) is 4.72. The van der Waals surface area contributed by atoms with Crippen molar-refractivity contribution in [1.82, 2.24) is 25.1 Å². The molecule has 3 aromatic rings. The number of ether oxygens (including phenoxy) is 1. The van der Waals surface area contributed by atoms with Crippen LogP contribution >= 0.6 is 0 Å². The second-order valence-electron chi connectivity index (χ2n) is 6.06. The van der Waals surface area contributed by atoms with E-state index in [2.05, 4.69) is 30.5 Å². The van der Waals surface area contributed by atoms with Crippen LogP contribution in [-0.2, 0) is 0 Å². The number of nitrogen functional groups attached to an aromatic ring is 1. The molecule has 0 aliphatic rings. The molecule has 26 heavy (non-hydrogen) atoms. The minimum Gasteiger partial charge on any atom is -0.475 e. The molecule has 0 saturated carbocycles. The first-order valence-electron chi connectivity index (χ1n) is 8.15. The lowest BCUT2D eigenvalue weighted by Gasteiger charge is -2.15. The molecule has 0 fully saturated rings. The Hall–Kier alpha value is -3.23. The highest BCUT2D eigenvalue weighted by molar-refractivity contribution is 5.59. The number of rotatable bonds is 6. The van der Waals surface area contributed by atoms with Gasteiger partial charge in [-0.1, -0.05) is 6.92 Å². The van der Waals surface area contributed by atoms with E-state index in [-0.39, 0.29) is 23.8 Å². The maximum absolute atomic E-state index is 13.1. The number of nitrogens with one attached hydrogen (secondary N) is 2. The molecule has 136 valence electrons. The standard InChI is InChI=1S/C17H20FN7O/c1-9(2)26-15-6-14(24-25-15)22-16-12(8-21-17(19)23-16)10(3)13-5-4-11(18)7-20-13/h4-10H,1-3H3,(H4,19,21,22,23,24,25)/t10-/m0/s1. The van der Waals surface area contributed by atoms with Crippen LogP contribution in [-0.4, -0.2) is 31.3 Å². The Kier molecular flexibility index (Phi) is 4.97. The number of hydrogen-bond acceptors (Lipinski definition) is 7. The fraction of sp³-hybridized carbons (Fsp3) is 0.294. The van der Waals surface area contributed by atoms with Crippen LogP contribution in [0.4, 0.5) is 22.0 Å². The van der Waals surface area contributed by atoms with Crippen LogP contribution in [0, 0.1) is 5.82 Å². The third-order valence-corrected chi connectivity index (χ3v) is 3.66. The summed E-state index contributed by atoms with van der Waals surface area (Å²) in [4.78, 5) is 12.5. The Bertz CT molecular complexity index is 879. The molecule has 4 N–H and O–H groups in total. The summed E-state index contributed by atoms with van der Waals surface area (Å²) >= 11 is 0. The first kappa shape index (κ1) is 17.6. The highest BCUT2D eigenvalue weighted by Crippen LogP contribution is 2.30. The normalized spacial score (nSPS) is 12.2. The summed E-state index contributed by atoms with van der Waals surface area (Å²) in [5, 5.41) is 10.1. The largest absolute Gasteiger partial charge is 0.475 e. The molecule has 0 unspecified atom stereocenters. The van der Waals surface area contributed by atoms with Gasteiger partial charge in [0.05, 0.1) is 12.3 Å². The van der Waals surface area contributed by atoms with Gasteiger partial charge in [-0.15, -0.1) is 0 Å². The van der Waals surface area contributed by atoms with E-state index in [9.17, 15) is 4.39 Å². The van der Waals surface area contributed by atoms with E-state index in [0.29, 0.717) is 23.2 Å². The van der Waals surface area contributed by atoms with Crippen molar-refractivity contribution in [2.75, 3.05) is 11.1 Å². The molecule has 8 nitrogen and oxygen atoms in total. The number of halogens is 1. The second kappa shape index (κ2) is 7.34. The number of aromatic nitrogens is 5. The number of nitrogens with zero attached hydrogens (tertiary/aromatic N) is 4. The van der Waals surface area contributed by atoms with Gasteiger partial charge in [0.15, 0.2) is 5.82 Å². The number of nitrogens with two attached hydrogens (primary N) is 1. The zero-order valence-corrected chi connectivity index (χ0v) is 14.7. The van der Waals surface area contributed by atoms with Gasteiger partial charge >= 0.3 is 0 Å². The van der Waals surface area contributed by atoms with Gasteiger partial charge < -0.3 is 15.8 Å². The van der Waals surface area contributed by atoms with E-state index in [1.807, 2.05) is 20.8 Å². The minimum absolute atomic E-state index is 0.0260. The van der Waals surface area contributed by atoms with Crippen molar-refractivity contribution in [2.24, 2.45) is 0 Å². The molecule has 0 saturated heterocycles. The third-order valence-electron chi connectivity index (χ3n) is 3.66. The monoisotopic (exact) mass is 357 g/mol. The molecule has 0 bridgehead atoms. The number of anilines is 3. The predicted molar refractivity (Wildman–Crippen MR) is 95.8 cm³/mol. The maximum Gasteiger partial charge on any atom is 0.221 e. The van der Waals surface area contributed by atoms with Crippen molar-refractivity contribution in [3.05, 3.63) is 47.7 Å². The van der Waals surface area contributed by atoms with Crippen molar-refractivity contribution >= 4 is 17.6 Å². The van der Waals surface area contributed by atoms with Crippen LogP contribution in [0.15, 0.2) is 30.6 Å². The predicted octanol–water partition coefficient (Wildman–Crippen LogP) is 3.00. The van der Waals surface area contributed by atoms with Gasteiger partial charge in [-0.25, -0.2) is 14.5 Å². The van der Waals surface area contributed by atoms with Gasteiger partial charge in [0, 0.05) is 29.4 Å². The molecule has 0 aliphatic carbocycles. The summed E-state index contributed by atoms with van der Waals surface area (Å²) in [6.07, 6.45) is 2.83. The minimum atomic E-state index is -0.387. The summed E-state index contributed by atoms with van der Waals surface area (Å²) in [7, 11) is 0. The van der Waals surface area contributed by atoms with E-state index in [4.69, 9.17) is 10.5 Å². The highest BCUT2D eigenvalue weighted by atomic mass is 19.1. The van der Waals surface area contributed by atoms with Gasteiger partial charge in [0.1, 0.15) is 11.6 Å². The molecule has 1 atom stereocenters. The van der Waals surface area contributed by atoms with Gasteiger partial charge in [0.2, 0.25) is 11.8 Å². The quantitative estimate of drug-likeness (QED) is 0.621. The van der Waals surface area contributed by atoms with Gasteiger partial charge in [-0.2, -0.15) is 10.1 Å². The lowest BCUT2D eigenvalue weighted by Crippen LogP contribution is -2.08. The lowest BCUT2D eigenvalue weighted by molar-refractivity contribution is 0.232. The van der Waals surface area contributed by atoms with Gasteiger partial charge in [-0.3, -0.25) is 4.98 Å².